The molecule has 0 aromatic heterocycles. The lowest BCUT2D eigenvalue weighted by Crippen LogP contribution is -2.52. The maximum Gasteiger partial charge on any atom is 0.407 e. The maximum atomic E-state index is 13.0. The average Bonchev–Trinajstić information content (AvgIpc) is 2.93. The lowest BCUT2D eigenvalue weighted by atomic mass is 9.86. The van der Waals surface area contributed by atoms with Crippen LogP contribution in [0.2, 0.25) is 0 Å². The Balaban J connectivity index is 2.73. The molecule has 0 aromatic rings. The lowest BCUT2D eigenvalue weighted by molar-refractivity contribution is -0.151. The van der Waals surface area contributed by atoms with Crippen LogP contribution in [-0.4, -0.2) is 55.3 Å². The van der Waals surface area contributed by atoms with Gasteiger partial charge in [0, 0.05) is 42.3 Å². The lowest BCUT2D eigenvalue weighted by Gasteiger charge is -2.29. The van der Waals surface area contributed by atoms with E-state index in [4.69, 9.17) is 25.8 Å². The predicted octanol–water partition coefficient (Wildman–Crippen LogP) is 6.11. The number of allylic oxidation sites excluding steroid dienone is 5. The number of ether oxygens (including phenoxy) is 3. The van der Waals surface area contributed by atoms with Crippen molar-refractivity contribution in [3.05, 3.63) is 71.2 Å². The molecule has 10 nitrogen and oxygen atoms in total. The summed E-state index contributed by atoms with van der Waals surface area (Å²) in [6, 6.07) is -0.884. The molecule has 1 aliphatic rings. The number of esters is 1. The highest BCUT2D eigenvalue weighted by Crippen LogP contribution is 2.23. The van der Waals surface area contributed by atoms with Gasteiger partial charge in [0.1, 0.15) is 18.2 Å². The van der Waals surface area contributed by atoms with Gasteiger partial charge in [-0.25, -0.2) is 9.59 Å². The molecule has 1 aliphatic heterocycles. The van der Waals surface area contributed by atoms with E-state index in [1.165, 1.54) is 19.4 Å². The summed E-state index contributed by atoms with van der Waals surface area (Å²) in [5.74, 6) is -1.07. The van der Waals surface area contributed by atoms with Gasteiger partial charge in [-0.3, -0.25) is 9.59 Å². The molecule has 1 rings (SSSR count). The van der Waals surface area contributed by atoms with Crippen LogP contribution in [0.15, 0.2) is 71.2 Å². The standard InChI is InChI=1S/C34H50ClN3O7/c1-22(2)37-33(42)44-26(17-16-25(5)35)14-12-20-36-31(40)30(34(6,7)8)38-29(39)15-11-10-13-23(3)21-24(4)27-18-19-28(43-9)32(41)45-27/h10-13,15-16,19-22,24,26-27,30H,14,17-18H2,1-9H3,(H,36,40)(H,37,42)(H,38,39)/b13-10-,15-11+,20-12-,23-21+,25-16+/t24-,26+,27-,30+/m0/s1. The molecular formula is C34H50ClN3O7. The second-order valence-electron chi connectivity index (χ2n) is 12.2. The van der Waals surface area contributed by atoms with E-state index >= 15 is 0 Å². The first-order valence-electron chi connectivity index (χ1n) is 15.1. The highest BCUT2D eigenvalue weighted by molar-refractivity contribution is 6.29. The molecule has 250 valence electrons. The third-order valence-corrected chi connectivity index (χ3v) is 6.70. The minimum atomic E-state index is -0.817. The molecule has 0 bridgehead atoms. The smallest absolute Gasteiger partial charge is 0.407 e. The van der Waals surface area contributed by atoms with E-state index in [1.54, 1.807) is 37.3 Å². The van der Waals surface area contributed by atoms with Crippen molar-refractivity contribution in [3.8, 4) is 0 Å². The first-order chi connectivity index (χ1) is 21.0. The Morgan fingerprint density at radius 2 is 1.76 bits per heavy atom. The average molecular weight is 648 g/mol. The molecule has 4 atom stereocenters. The Morgan fingerprint density at radius 3 is 2.33 bits per heavy atom. The zero-order chi connectivity index (χ0) is 34.2. The van der Waals surface area contributed by atoms with E-state index in [0.717, 1.165) is 5.57 Å². The van der Waals surface area contributed by atoms with Crippen molar-refractivity contribution in [2.75, 3.05) is 7.11 Å². The molecule has 11 heteroatoms. The van der Waals surface area contributed by atoms with Gasteiger partial charge in [-0.15, -0.1) is 0 Å². The number of amides is 3. The Hall–Kier alpha value is -3.79. The number of carbonyl (C=O) groups excluding carboxylic acids is 4. The van der Waals surface area contributed by atoms with Gasteiger partial charge in [-0.05, 0) is 45.4 Å². The van der Waals surface area contributed by atoms with Gasteiger partial charge in [0.2, 0.25) is 11.8 Å². The molecule has 0 spiro atoms. The minimum absolute atomic E-state index is 0.0184. The molecule has 0 saturated carbocycles. The third-order valence-electron chi connectivity index (χ3n) is 6.54. The zero-order valence-electron chi connectivity index (χ0n) is 27.9. The highest BCUT2D eigenvalue weighted by Gasteiger charge is 2.32. The number of rotatable bonds is 15. The molecular weight excluding hydrogens is 598 g/mol. The van der Waals surface area contributed by atoms with E-state index in [-0.39, 0.29) is 29.7 Å². The van der Waals surface area contributed by atoms with Crippen molar-refractivity contribution < 1.29 is 33.4 Å². The number of cyclic esters (lactones) is 1. The van der Waals surface area contributed by atoms with Gasteiger partial charge >= 0.3 is 12.1 Å². The topological polar surface area (TPSA) is 132 Å². The van der Waals surface area contributed by atoms with E-state index in [0.29, 0.717) is 24.3 Å². The summed E-state index contributed by atoms with van der Waals surface area (Å²) >= 11 is 5.94. The van der Waals surface area contributed by atoms with E-state index in [1.807, 2.05) is 60.6 Å². The van der Waals surface area contributed by atoms with Crippen molar-refractivity contribution in [2.45, 2.75) is 98.9 Å². The fourth-order valence-electron chi connectivity index (χ4n) is 4.18. The monoisotopic (exact) mass is 647 g/mol. The Kier molecular flexibility index (Phi) is 17.1. The first kappa shape index (κ1) is 39.2. The van der Waals surface area contributed by atoms with Gasteiger partial charge in [-0.1, -0.05) is 81.3 Å². The Labute approximate surface area is 273 Å². The fraction of sp³-hybridized carbons (Fsp3) is 0.529. The van der Waals surface area contributed by atoms with Crippen LogP contribution in [-0.2, 0) is 28.6 Å². The van der Waals surface area contributed by atoms with Crippen molar-refractivity contribution >= 4 is 35.5 Å². The van der Waals surface area contributed by atoms with Crippen LogP contribution < -0.4 is 16.0 Å². The van der Waals surface area contributed by atoms with Crippen LogP contribution in [0.4, 0.5) is 4.79 Å². The number of hydrogen-bond donors (Lipinski definition) is 3. The molecule has 45 heavy (non-hydrogen) atoms. The quantitative estimate of drug-likeness (QED) is 0.111. The van der Waals surface area contributed by atoms with Gasteiger partial charge in [0.25, 0.3) is 0 Å². The third kappa shape index (κ3) is 16.2. The van der Waals surface area contributed by atoms with Gasteiger partial charge in [-0.2, -0.15) is 0 Å². The Morgan fingerprint density at radius 1 is 1.09 bits per heavy atom. The van der Waals surface area contributed by atoms with Crippen LogP contribution in [0, 0.1) is 11.3 Å². The first-order valence-corrected chi connectivity index (χ1v) is 15.4. The van der Waals surface area contributed by atoms with Gasteiger partial charge in [0.05, 0.1) is 7.11 Å². The second kappa shape index (κ2) is 19.6. The van der Waals surface area contributed by atoms with Crippen molar-refractivity contribution in [3.63, 3.8) is 0 Å². The van der Waals surface area contributed by atoms with Crippen LogP contribution in [0.1, 0.15) is 74.7 Å². The van der Waals surface area contributed by atoms with Crippen molar-refractivity contribution in [1.29, 1.82) is 0 Å². The summed E-state index contributed by atoms with van der Waals surface area (Å²) in [6.07, 6.45) is 15.2. The van der Waals surface area contributed by atoms with E-state index in [9.17, 15) is 19.2 Å². The van der Waals surface area contributed by atoms with Crippen LogP contribution in [0.3, 0.4) is 0 Å². The summed E-state index contributed by atoms with van der Waals surface area (Å²) in [6.45, 7) is 14.9. The summed E-state index contributed by atoms with van der Waals surface area (Å²) in [4.78, 5) is 49.6. The molecule has 1 heterocycles. The normalized spacial score (nSPS) is 18.4. The maximum absolute atomic E-state index is 13.0. The van der Waals surface area contributed by atoms with Crippen LogP contribution in [0.5, 0.6) is 0 Å². The molecule has 3 amide bonds. The molecule has 0 unspecified atom stereocenters. The molecule has 0 aliphatic carbocycles. The number of halogens is 1. The number of methoxy groups -OCH3 is 1. The molecule has 0 radical (unpaired) electrons. The van der Waals surface area contributed by atoms with Crippen molar-refractivity contribution in [1.82, 2.24) is 16.0 Å². The van der Waals surface area contributed by atoms with Gasteiger partial charge in [0.15, 0.2) is 5.76 Å². The molecule has 0 fully saturated rings. The summed E-state index contributed by atoms with van der Waals surface area (Å²) < 4.78 is 15.9. The van der Waals surface area contributed by atoms with Gasteiger partial charge < -0.3 is 30.2 Å². The summed E-state index contributed by atoms with van der Waals surface area (Å²) in [7, 11) is 1.44. The molecule has 3 N–H and O–H groups in total. The number of alkyl carbamates (subject to hydrolysis) is 1. The second-order valence-corrected chi connectivity index (χ2v) is 12.8. The Bertz CT molecular complexity index is 1200. The van der Waals surface area contributed by atoms with E-state index in [2.05, 4.69) is 16.0 Å². The summed E-state index contributed by atoms with van der Waals surface area (Å²) in [5, 5.41) is 8.76. The zero-order valence-corrected chi connectivity index (χ0v) is 28.7. The van der Waals surface area contributed by atoms with Crippen LogP contribution >= 0.6 is 11.6 Å². The largest absolute Gasteiger partial charge is 0.490 e. The number of nitrogens with one attached hydrogen (secondary N) is 3. The SMILES string of the molecule is COC1=CC[C@@H]([C@@H](C)/C=C(C)/C=C\C=C\C(=O)N[C@H](C(=O)N/C=C\C[C@H](C/C=C(\C)Cl)OC(=O)NC(C)C)C(C)(C)C)OC1=O. The minimum Gasteiger partial charge on any atom is -0.490 e. The van der Waals surface area contributed by atoms with Crippen LogP contribution in [0.25, 0.3) is 0 Å². The fourth-order valence-corrected chi connectivity index (χ4v) is 4.27. The summed E-state index contributed by atoms with van der Waals surface area (Å²) in [5.41, 5.74) is 0.364. The number of carbonyl (C=O) groups is 4. The molecule has 0 aromatic carbocycles. The predicted molar refractivity (Wildman–Crippen MR) is 177 cm³/mol. The highest BCUT2D eigenvalue weighted by atomic mass is 35.5. The number of hydrogen-bond acceptors (Lipinski definition) is 7. The van der Waals surface area contributed by atoms with E-state index < -0.39 is 35.5 Å². The van der Waals surface area contributed by atoms with Crippen molar-refractivity contribution in [2.24, 2.45) is 11.3 Å². The molecule has 0 saturated heterocycles.